The average Bonchev–Trinajstić information content (AvgIpc) is 3.02. The van der Waals surface area contributed by atoms with Gasteiger partial charge in [0.05, 0.1) is 12.0 Å². The first-order valence-corrected chi connectivity index (χ1v) is 13.9. The Morgan fingerprint density at radius 1 is 0.650 bits per heavy atom. The van der Waals surface area contributed by atoms with Gasteiger partial charge in [-0.1, -0.05) is 133 Å². The molecule has 5 aromatic carbocycles. The summed E-state index contributed by atoms with van der Waals surface area (Å²) in [6.45, 7) is 4.69. The van der Waals surface area contributed by atoms with Gasteiger partial charge >= 0.3 is 0 Å². The van der Waals surface area contributed by atoms with Gasteiger partial charge in [-0.2, -0.15) is 0 Å². The molecule has 6 rings (SSSR count). The molecule has 0 radical (unpaired) electrons. The van der Waals surface area contributed by atoms with Crippen molar-refractivity contribution in [2.24, 2.45) is 0 Å². The molecule has 1 aliphatic rings. The van der Waals surface area contributed by atoms with Crippen molar-refractivity contribution < 1.29 is 4.79 Å². The Morgan fingerprint density at radius 3 is 1.62 bits per heavy atom. The molecule has 0 aliphatic carbocycles. The van der Waals surface area contributed by atoms with Crippen LogP contribution in [0.25, 0.3) is 5.57 Å². The van der Waals surface area contributed by atoms with Gasteiger partial charge in [-0.25, -0.2) is 0 Å². The summed E-state index contributed by atoms with van der Waals surface area (Å²) in [5.41, 5.74) is 8.59. The van der Waals surface area contributed by atoms with E-state index in [4.69, 9.17) is 0 Å². The SMILES string of the molecule is CC1=CC(C)N(CC(=O)c2ccccc2)c2ccc(C(c3ccccc3)(c3ccccc3)c3ccccc3)cc21. The van der Waals surface area contributed by atoms with Crippen LogP contribution in [0.4, 0.5) is 5.69 Å². The van der Waals surface area contributed by atoms with Crippen molar-refractivity contribution >= 4 is 17.0 Å². The van der Waals surface area contributed by atoms with Crippen LogP contribution < -0.4 is 4.90 Å². The van der Waals surface area contributed by atoms with Crippen LogP contribution in [0.15, 0.2) is 146 Å². The number of benzene rings is 5. The fraction of sp³-hybridized carbons (Fsp3) is 0.132. The lowest BCUT2D eigenvalue weighted by Crippen LogP contribution is -2.39. The normalized spacial score (nSPS) is 14.8. The number of hydrogen-bond acceptors (Lipinski definition) is 2. The highest BCUT2D eigenvalue weighted by Gasteiger charge is 2.39. The summed E-state index contributed by atoms with van der Waals surface area (Å²) in [5.74, 6) is 0.127. The summed E-state index contributed by atoms with van der Waals surface area (Å²) in [4.78, 5) is 15.5. The quantitative estimate of drug-likeness (QED) is 0.159. The summed E-state index contributed by atoms with van der Waals surface area (Å²) >= 11 is 0. The third-order valence-electron chi connectivity index (χ3n) is 8.18. The Labute approximate surface area is 237 Å². The second kappa shape index (κ2) is 10.8. The second-order valence-corrected chi connectivity index (χ2v) is 10.6. The minimum Gasteiger partial charge on any atom is -0.357 e. The maximum atomic E-state index is 13.3. The summed E-state index contributed by atoms with van der Waals surface area (Å²) in [5, 5.41) is 0. The topological polar surface area (TPSA) is 20.3 Å². The molecule has 0 amide bonds. The molecule has 2 heteroatoms. The fourth-order valence-corrected chi connectivity index (χ4v) is 6.26. The number of hydrogen-bond donors (Lipinski definition) is 0. The highest BCUT2D eigenvalue weighted by molar-refractivity contribution is 6.00. The molecule has 1 heterocycles. The van der Waals surface area contributed by atoms with Crippen LogP contribution in [-0.4, -0.2) is 18.4 Å². The predicted molar refractivity (Wildman–Crippen MR) is 166 cm³/mol. The summed E-state index contributed by atoms with van der Waals surface area (Å²) in [6.07, 6.45) is 2.28. The number of fused-ring (bicyclic) bond motifs is 1. The van der Waals surface area contributed by atoms with Crippen LogP contribution >= 0.6 is 0 Å². The average molecular weight is 520 g/mol. The van der Waals surface area contributed by atoms with Gasteiger partial charge < -0.3 is 4.90 Å². The van der Waals surface area contributed by atoms with Gasteiger partial charge in [0.1, 0.15) is 0 Å². The summed E-state index contributed by atoms with van der Waals surface area (Å²) < 4.78 is 0. The summed E-state index contributed by atoms with van der Waals surface area (Å²) in [6, 6.07) is 48.9. The number of carbonyl (C=O) groups excluding carboxylic acids is 1. The lowest BCUT2D eigenvalue weighted by molar-refractivity contribution is 0.0998. The van der Waals surface area contributed by atoms with E-state index in [-0.39, 0.29) is 11.8 Å². The van der Waals surface area contributed by atoms with Gasteiger partial charge in [0.2, 0.25) is 0 Å². The molecule has 196 valence electrons. The number of Topliss-reactive ketones (excluding diaryl/α,β-unsaturated/α-hetero) is 1. The molecule has 5 aromatic rings. The first-order chi connectivity index (χ1) is 19.6. The van der Waals surface area contributed by atoms with Crippen molar-refractivity contribution in [3.8, 4) is 0 Å². The maximum absolute atomic E-state index is 13.3. The first kappa shape index (κ1) is 25.6. The zero-order chi connectivity index (χ0) is 27.5. The lowest BCUT2D eigenvalue weighted by Gasteiger charge is -2.39. The second-order valence-electron chi connectivity index (χ2n) is 10.6. The van der Waals surface area contributed by atoms with Crippen LogP contribution in [0.1, 0.15) is 52.0 Å². The summed E-state index contributed by atoms with van der Waals surface area (Å²) in [7, 11) is 0. The third kappa shape index (κ3) is 4.46. The Bertz CT molecular complexity index is 1540. The number of nitrogens with zero attached hydrogens (tertiary/aromatic N) is 1. The molecule has 0 N–H and O–H groups in total. The Balaban J connectivity index is 1.54. The van der Waals surface area contributed by atoms with Gasteiger partial charge in [-0.3, -0.25) is 4.79 Å². The molecule has 0 aromatic heterocycles. The van der Waals surface area contributed by atoms with Crippen molar-refractivity contribution in [1.82, 2.24) is 0 Å². The van der Waals surface area contributed by atoms with Crippen LogP contribution in [-0.2, 0) is 5.41 Å². The molecule has 0 fully saturated rings. The van der Waals surface area contributed by atoms with Crippen molar-refractivity contribution in [3.63, 3.8) is 0 Å². The van der Waals surface area contributed by atoms with Crippen LogP contribution in [0, 0.1) is 0 Å². The first-order valence-electron chi connectivity index (χ1n) is 13.9. The third-order valence-corrected chi connectivity index (χ3v) is 8.18. The molecule has 1 unspecified atom stereocenters. The molecule has 0 spiro atoms. The van der Waals surface area contributed by atoms with Gasteiger partial charge in [-0.15, -0.1) is 0 Å². The smallest absolute Gasteiger partial charge is 0.182 e. The van der Waals surface area contributed by atoms with E-state index in [1.165, 1.54) is 33.4 Å². The van der Waals surface area contributed by atoms with Gasteiger partial charge in [0.15, 0.2) is 5.78 Å². The molecular formula is C38H33NO. The Kier molecular flexibility index (Phi) is 6.92. The minimum atomic E-state index is -0.507. The van der Waals surface area contributed by atoms with E-state index in [1.807, 2.05) is 30.3 Å². The van der Waals surface area contributed by atoms with Crippen LogP contribution in [0.3, 0.4) is 0 Å². The van der Waals surface area contributed by atoms with E-state index >= 15 is 0 Å². The highest BCUT2D eigenvalue weighted by atomic mass is 16.1. The van der Waals surface area contributed by atoms with E-state index in [0.717, 1.165) is 11.3 Å². The van der Waals surface area contributed by atoms with Crippen molar-refractivity contribution in [3.05, 3.63) is 179 Å². The Hall–Kier alpha value is -4.69. The zero-order valence-corrected chi connectivity index (χ0v) is 23.0. The highest BCUT2D eigenvalue weighted by Crippen LogP contribution is 2.47. The van der Waals surface area contributed by atoms with E-state index in [1.54, 1.807) is 0 Å². The zero-order valence-electron chi connectivity index (χ0n) is 23.0. The van der Waals surface area contributed by atoms with Gasteiger partial charge in [0.25, 0.3) is 0 Å². The van der Waals surface area contributed by atoms with Crippen molar-refractivity contribution in [2.75, 3.05) is 11.4 Å². The Morgan fingerprint density at radius 2 is 1.12 bits per heavy atom. The molecule has 40 heavy (non-hydrogen) atoms. The maximum Gasteiger partial charge on any atom is 0.182 e. The molecule has 0 saturated heterocycles. The molecule has 0 saturated carbocycles. The molecule has 1 aliphatic heterocycles. The van der Waals surface area contributed by atoms with Gasteiger partial charge in [0, 0.05) is 22.9 Å². The fourth-order valence-electron chi connectivity index (χ4n) is 6.26. The predicted octanol–water partition coefficient (Wildman–Crippen LogP) is 8.56. The van der Waals surface area contributed by atoms with E-state index < -0.39 is 5.41 Å². The van der Waals surface area contributed by atoms with Crippen LogP contribution in [0.5, 0.6) is 0 Å². The number of carbonyl (C=O) groups is 1. The minimum absolute atomic E-state index is 0.119. The molecule has 1 atom stereocenters. The van der Waals surface area contributed by atoms with Crippen LogP contribution in [0.2, 0.25) is 0 Å². The van der Waals surface area contributed by atoms with Crippen molar-refractivity contribution in [1.29, 1.82) is 0 Å². The molecule has 0 bridgehead atoms. The van der Waals surface area contributed by atoms with Gasteiger partial charge in [-0.05, 0) is 53.8 Å². The number of anilines is 1. The molecule has 2 nitrogen and oxygen atoms in total. The number of rotatable bonds is 7. The lowest BCUT2D eigenvalue weighted by atomic mass is 9.64. The van der Waals surface area contributed by atoms with E-state index in [9.17, 15) is 4.79 Å². The monoisotopic (exact) mass is 519 g/mol. The van der Waals surface area contributed by atoms with E-state index in [0.29, 0.717) is 6.54 Å². The number of ketones is 1. The number of allylic oxidation sites excluding steroid dienone is 1. The molecular weight excluding hydrogens is 486 g/mol. The largest absolute Gasteiger partial charge is 0.357 e. The standard InChI is InChI=1S/C38H33NO/c1-28-25-29(2)39(27-37(40)30-15-7-3-8-16-30)36-24-23-34(26-35(28)36)38(31-17-9-4-10-18-31,32-19-11-5-12-20-32)33-21-13-6-14-22-33/h3-26,29H,27H2,1-2H3. The van der Waals surface area contributed by atoms with E-state index in [2.05, 4.69) is 134 Å². The van der Waals surface area contributed by atoms with Crippen molar-refractivity contribution in [2.45, 2.75) is 25.3 Å².